The Hall–Kier alpha value is -4.55. The van der Waals surface area contributed by atoms with Crippen LogP contribution in [-0.2, 0) is 11.3 Å². The number of alkyl halides is 3. The maximum Gasteiger partial charge on any atom is 0.493 e. The molecule has 0 bridgehead atoms. The number of nitrogens with two attached hydrogens (primary N) is 1. The second-order valence-electron chi connectivity index (χ2n) is 7.04. The van der Waals surface area contributed by atoms with Gasteiger partial charge >= 0.3 is 18.2 Å². The number of aryl methyl sites for hydroxylation is 1. The number of halogens is 3. The lowest BCUT2D eigenvalue weighted by Gasteiger charge is -2.10. The fourth-order valence-electron chi connectivity index (χ4n) is 2.82. The van der Waals surface area contributed by atoms with E-state index in [4.69, 9.17) is 5.73 Å². The van der Waals surface area contributed by atoms with Crippen LogP contribution in [0.3, 0.4) is 0 Å². The smallest absolute Gasteiger partial charge is 0.378 e. The standard InChI is InChI=1S/C21H19F3N6O4/c1-12-4-2-6-14(8-12)27-20(33)28-15-7-3-5-13(9-15)10-26-16-11-30(29-17(16)18(25)31)34-19(32)21(22,23)24/h2-9,11,26H,10H2,1H3,(H2,25,31)(H2,27,28,33). The van der Waals surface area contributed by atoms with E-state index in [9.17, 15) is 27.6 Å². The van der Waals surface area contributed by atoms with E-state index >= 15 is 0 Å². The van der Waals surface area contributed by atoms with Gasteiger partial charge in [0.15, 0.2) is 5.69 Å². The van der Waals surface area contributed by atoms with Gasteiger partial charge in [0, 0.05) is 17.9 Å². The summed E-state index contributed by atoms with van der Waals surface area (Å²) in [4.78, 5) is 39.0. The average Bonchev–Trinajstić information content (AvgIpc) is 3.15. The number of hydrogen-bond donors (Lipinski definition) is 4. The van der Waals surface area contributed by atoms with Crippen molar-refractivity contribution in [3.8, 4) is 0 Å². The highest BCUT2D eigenvalue weighted by Crippen LogP contribution is 2.19. The molecule has 0 saturated heterocycles. The maximum absolute atomic E-state index is 12.4. The quantitative estimate of drug-likeness (QED) is 0.413. The van der Waals surface area contributed by atoms with Crippen molar-refractivity contribution in [3.05, 3.63) is 71.5 Å². The number of carbonyl (C=O) groups is 3. The van der Waals surface area contributed by atoms with Crippen LogP contribution in [-0.4, -0.2) is 34.0 Å². The molecule has 3 amide bonds. The number of hydrogen-bond acceptors (Lipinski definition) is 6. The number of urea groups is 1. The van der Waals surface area contributed by atoms with Crippen LogP contribution in [0.4, 0.5) is 35.0 Å². The molecule has 10 nitrogen and oxygen atoms in total. The summed E-state index contributed by atoms with van der Waals surface area (Å²) in [5.41, 5.74) is 7.42. The Bertz CT molecular complexity index is 1230. The van der Waals surface area contributed by atoms with Gasteiger partial charge in [-0.05, 0) is 42.3 Å². The number of anilines is 3. The monoisotopic (exact) mass is 476 g/mol. The van der Waals surface area contributed by atoms with Crippen molar-refractivity contribution >= 4 is 35.0 Å². The molecule has 3 rings (SSSR count). The number of carbonyl (C=O) groups excluding carboxylic acids is 3. The Morgan fingerprint density at radius 3 is 2.32 bits per heavy atom. The average molecular weight is 476 g/mol. The minimum atomic E-state index is -5.24. The number of primary amides is 1. The lowest BCUT2D eigenvalue weighted by molar-refractivity contribution is -0.201. The number of nitrogens with one attached hydrogen (secondary N) is 3. The SMILES string of the molecule is Cc1cccc(NC(=O)Nc2cccc(CNc3cn(OC(=O)C(F)(F)F)nc3C(N)=O)c2)c1. The molecule has 3 aromatic rings. The lowest BCUT2D eigenvalue weighted by atomic mass is 10.2. The summed E-state index contributed by atoms with van der Waals surface area (Å²) in [6, 6.07) is 13.5. The highest BCUT2D eigenvalue weighted by atomic mass is 19.4. The van der Waals surface area contributed by atoms with E-state index in [1.54, 1.807) is 30.3 Å². The van der Waals surface area contributed by atoms with Gasteiger partial charge in [-0.1, -0.05) is 29.1 Å². The summed E-state index contributed by atoms with van der Waals surface area (Å²) >= 11 is 0. The van der Waals surface area contributed by atoms with E-state index in [1.165, 1.54) is 0 Å². The highest BCUT2D eigenvalue weighted by molar-refractivity contribution is 5.99. The maximum atomic E-state index is 12.4. The second-order valence-corrected chi connectivity index (χ2v) is 7.04. The first-order chi connectivity index (χ1) is 16.0. The van der Waals surface area contributed by atoms with Crippen LogP contribution in [0.25, 0.3) is 0 Å². The summed E-state index contributed by atoms with van der Waals surface area (Å²) in [5, 5.41) is 11.6. The Morgan fingerprint density at radius 2 is 1.71 bits per heavy atom. The lowest BCUT2D eigenvalue weighted by Crippen LogP contribution is -2.33. The zero-order valence-corrected chi connectivity index (χ0v) is 17.6. The molecule has 0 spiro atoms. The molecule has 0 radical (unpaired) electrons. The van der Waals surface area contributed by atoms with Gasteiger partial charge in [-0.25, -0.2) is 9.59 Å². The largest absolute Gasteiger partial charge is 0.493 e. The van der Waals surface area contributed by atoms with E-state index < -0.39 is 29.8 Å². The summed E-state index contributed by atoms with van der Waals surface area (Å²) in [5.74, 6) is -3.56. The molecule has 1 aromatic heterocycles. The number of benzene rings is 2. The third kappa shape index (κ3) is 6.48. The number of rotatable bonds is 7. The predicted octanol–water partition coefficient (Wildman–Crippen LogP) is 3.06. The van der Waals surface area contributed by atoms with Crippen molar-refractivity contribution < 1.29 is 32.4 Å². The molecule has 5 N–H and O–H groups in total. The zero-order valence-electron chi connectivity index (χ0n) is 17.6. The van der Waals surface area contributed by atoms with Crippen molar-refractivity contribution in [3.63, 3.8) is 0 Å². The van der Waals surface area contributed by atoms with Crippen molar-refractivity contribution in [2.45, 2.75) is 19.6 Å². The molecule has 0 atom stereocenters. The van der Waals surface area contributed by atoms with E-state index in [0.29, 0.717) is 16.9 Å². The van der Waals surface area contributed by atoms with E-state index in [1.807, 2.05) is 25.1 Å². The van der Waals surface area contributed by atoms with Crippen molar-refractivity contribution in [2.24, 2.45) is 5.73 Å². The van der Waals surface area contributed by atoms with Crippen LogP contribution < -0.4 is 26.5 Å². The molecule has 178 valence electrons. The topological polar surface area (TPSA) is 140 Å². The molecule has 0 aliphatic heterocycles. The van der Waals surface area contributed by atoms with Gasteiger partial charge in [0.2, 0.25) is 0 Å². The number of amides is 3. The first-order valence-corrected chi connectivity index (χ1v) is 9.68. The molecule has 0 aliphatic carbocycles. The van der Waals surface area contributed by atoms with Gasteiger partial charge in [-0.2, -0.15) is 13.2 Å². The third-order valence-electron chi connectivity index (χ3n) is 4.28. The van der Waals surface area contributed by atoms with E-state index in [-0.39, 0.29) is 17.1 Å². The molecule has 2 aromatic carbocycles. The van der Waals surface area contributed by atoms with Crippen molar-refractivity contribution in [1.82, 2.24) is 9.94 Å². The normalized spacial score (nSPS) is 10.9. The zero-order chi connectivity index (χ0) is 24.9. The van der Waals surface area contributed by atoms with E-state index in [2.05, 4.69) is 25.9 Å². The van der Waals surface area contributed by atoms with Gasteiger partial charge < -0.3 is 26.5 Å². The summed E-state index contributed by atoms with van der Waals surface area (Å²) in [7, 11) is 0. The molecular weight excluding hydrogens is 457 g/mol. The Kier molecular flexibility index (Phi) is 7.04. The number of aromatic nitrogens is 2. The van der Waals surface area contributed by atoms with Crippen LogP contribution in [0.5, 0.6) is 0 Å². The first kappa shape index (κ1) is 24.1. The summed E-state index contributed by atoms with van der Waals surface area (Å²) in [6.07, 6.45) is -4.37. The molecule has 0 saturated carbocycles. The van der Waals surface area contributed by atoms with Crippen LogP contribution in [0, 0.1) is 6.92 Å². The van der Waals surface area contributed by atoms with Gasteiger partial charge in [0.05, 0.1) is 11.9 Å². The van der Waals surface area contributed by atoms with Gasteiger partial charge in [-0.15, -0.1) is 5.10 Å². The molecule has 0 fully saturated rings. The summed E-state index contributed by atoms with van der Waals surface area (Å²) in [6.45, 7) is 1.97. The predicted molar refractivity (Wildman–Crippen MR) is 116 cm³/mol. The molecule has 0 unspecified atom stereocenters. The van der Waals surface area contributed by atoms with Crippen LogP contribution in [0.15, 0.2) is 54.7 Å². The summed E-state index contributed by atoms with van der Waals surface area (Å²) < 4.78 is 37.1. The minimum absolute atomic E-state index is 0.0574. The van der Waals surface area contributed by atoms with Crippen LogP contribution >= 0.6 is 0 Å². The van der Waals surface area contributed by atoms with Gasteiger partial charge in [0.25, 0.3) is 5.91 Å². The molecule has 13 heteroatoms. The Labute approximate surface area is 190 Å². The molecular formula is C21H19F3N6O4. The third-order valence-corrected chi connectivity index (χ3v) is 4.28. The fourth-order valence-corrected chi connectivity index (χ4v) is 2.82. The highest BCUT2D eigenvalue weighted by Gasteiger charge is 2.42. The Balaban J connectivity index is 1.65. The van der Waals surface area contributed by atoms with Crippen LogP contribution in [0.2, 0.25) is 0 Å². The molecule has 1 heterocycles. The Morgan fingerprint density at radius 1 is 1.06 bits per heavy atom. The molecule has 34 heavy (non-hydrogen) atoms. The fraction of sp³-hybridized carbons (Fsp3) is 0.143. The first-order valence-electron chi connectivity index (χ1n) is 9.68. The van der Waals surface area contributed by atoms with E-state index in [0.717, 1.165) is 11.8 Å². The number of nitrogens with zero attached hydrogens (tertiary/aromatic N) is 2. The minimum Gasteiger partial charge on any atom is -0.378 e. The van der Waals surface area contributed by atoms with Gasteiger partial charge in [0.1, 0.15) is 0 Å². The second kappa shape index (κ2) is 9.94. The van der Waals surface area contributed by atoms with Crippen molar-refractivity contribution in [2.75, 3.05) is 16.0 Å². The van der Waals surface area contributed by atoms with Gasteiger partial charge in [-0.3, -0.25) is 4.79 Å². The molecule has 0 aliphatic rings. The van der Waals surface area contributed by atoms with Crippen LogP contribution in [0.1, 0.15) is 21.6 Å². The van der Waals surface area contributed by atoms with Crippen molar-refractivity contribution in [1.29, 1.82) is 0 Å².